The van der Waals surface area contributed by atoms with Crippen LogP contribution >= 0.6 is 0 Å². The van der Waals surface area contributed by atoms with Crippen molar-refractivity contribution in [2.24, 2.45) is 5.92 Å². The molecule has 1 fully saturated rings. The van der Waals surface area contributed by atoms with Crippen LogP contribution in [-0.4, -0.2) is 36.7 Å². The van der Waals surface area contributed by atoms with Crippen LogP contribution in [0, 0.1) is 5.92 Å². The molecule has 3 rings (SSSR count). The summed E-state index contributed by atoms with van der Waals surface area (Å²) < 4.78 is 11.0. The lowest BCUT2D eigenvalue weighted by Crippen LogP contribution is -2.34. The van der Waals surface area contributed by atoms with Gasteiger partial charge in [0.05, 0.1) is 6.54 Å². The van der Waals surface area contributed by atoms with E-state index in [-0.39, 0.29) is 0 Å². The van der Waals surface area contributed by atoms with Crippen LogP contribution in [0.15, 0.2) is 22.6 Å². The Balaban J connectivity index is 1.62. The lowest BCUT2D eigenvalue weighted by atomic mass is 9.98. The predicted octanol–water partition coefficient (Wildman–Crippen LogP) is 2.27. The van der Waals surface area contributed by atoms with E-state index in [0.29, 0.717) is 5.92 Å². The lowest BCUT2D eigenvalue weighted by molar-refractivity contribution is 0.0934. The highest BCUT2D eigenvalue weighted by Gasteiger charge is 2.20. The summed E-state index contributed by atoms with van der Waals surface area (Å²) in [6.45, 7) is 3.80. The van der Waals surface area contributed by atoms with E-state index in [1.807, 2.05) is 18.2 Å². The van der Waals surface area contributed by atoms with Gasteiger partial charge in [0.15, 0.2) is 5.58 Å². The Bertz CT molecular complexity index is 574. The SMILES string of the molecule is COCC1CCN(Cc2nc3cc(N)ccc3o2)CC1. The first-order chi connectivity index (χ1) is 9.74. The number of ether oxygens (including phenoxy) is 1. The monoisotopic (exact) mass is 275 g/mol. The molecule has 1 aromatic heterocycles. The summed E-state index contributed by atoms with van der Waals surface area (Å²) in [7, 11) is 1.77. The summed E-state index contributed by atoms with van der Waals surface area (Å²) in [5.41, 5.74) is 8.13. The van der Waals surface area contributed by atoms with Crippen LogP contribution in [0.1, 0.15) is 18.7 Å². The first kappa shape index (κ1) is 13.4. The average molecular weight is 275 g/mol. The third-order valence-electron chi connectivity index (χ3n) is 3.92. The van der Waals surface area contributed by atoms with Crippen LogP contribution in [0.4, 0.5) is 5.69 Å². The second kappa shape index (κ2) is 5.81. The molecule has 1 saturated heterocycles. The molecular formula is C15H21N3O2. The molecule has 2 N–H and O–H groups in total. The number of anilines is 1. The molecular weight excluding hydrogens is 254 g/mol. The Kier molecular flexibility index (Phi) is 3.89. The quantitative estimate of drug-likeness (QED) is 0.867. The molecule has 0 unspecified atom stereocenters. The van der Waals surface area contributed by atoms with E-state index in [9.17, 15) is 0 Å². The number of piperidine rings is 1. The highest BCUT2D eigenvalue weighted by molar-refractivity contribution is 5.76. The highest BCUT2D eigenvalue weighted by Crippen LogP contribution is 2.22. The van der Waals surface area contributed by atoms with E-state index in [0.717, 1.165) is 48.9 Å². The number of hydrogen-bond acceptors (Lipinski definition) is 5. The molecule has 5 heteroatoms. The number of methoxy groups -OCH3 is 1. The minimum Gasteiger partial charge on any atom is -0.439 e. The topological polar surface area (TPSA) is 64.5 Å². The molecule has 1 aliphatic heterocycles. The molecule has 0 saturated carbocycles. The zero-order valence-electron chi connectivity index (χ0n) is 11.8. The van der Waals surface area contributed by atoms with Gasteiger partial charge in [-0.1, -0.05) is 0 Å². The third-order valence-corrected chi connectivity index (χ3v) is 3.92. The molecule has 1 aliphatic rings. The van der Waals surface area contributed by atoms with Gasteiger partial charge in [-0.25, -0.2) is 4.98 Å². The average Bonchev–Trinajstić information content (AvgIpc) is 2.82. The van der Waals surface area contributed by atoms with Crippen molar-refractivity contribution in [2.75, 3.05) is 32.5 Å². The molecule has 5 nitrogen and oxygen atoms in total. The molecule has 0 bridgehead atoms. The van der Waals surface area contributed by atoms with E-state index in [1.54, 1.807) is 7.11 Å². The van der Waals surface area contributed by atoms with Gasteiger partial charge in [0.2, 0.25) is 5.89 Å². The third kappa shape index (κ3) is 2.94. The van der Waals surface area contributed by atoms with Gasteiger partial charge in [0.25, 0.3) is 0 Å². The summed E-state index contributed by atoms with van der Waals surface area (Å²) >= 11 is 0. The van der Waals surface area contributed by atoms with Crippen molar-refractivity contribution in [2.45, 2.75) is 19.4 Å². The largest absolute Gasteiger partial charge is 0.439 e. The smallest absolute Gasteiger partial charge is 0.209 e. The van der Waals surface area contributed by atoms with Gasteiger partial charge in [-0.15, -0.1) is 0 Å². The zero-order chi connectivity index (χ0) is 13.9. The van der Waals surface area contributed by atoms with Crippen LogP contribution < -0.4 is 5.73 Å². The molecule has 0 amide bonds. The molecule has 108 valence electrons. The number of nitrogens with two attached hydrogens (primary N) is 1. The number of nitrogens with zero attached hydrogens (tertiary/aromatic N) is 2. The van der Waals surface area contributed by atoms with Gasteiger partial charge in [0.1, 0.15) is 5.52 Å². The number of aromatic nitrogens is 1. The van der Waals surface area contributed by atoms with Gasteiger partial charge in [-0.05, 0) is 50.0 Å². The van der Waals surface area contributed by atoms with E-state index in [1.165, 1.54) is 12.8 Å². The number of nitrogen functional groups attached to an aromatic ring is 1. The first-order valence-electron chi connectivity index (χ1n) is 7.11. The van der Waals surface area contributed by atoms with Gasteiger partial charge in [-0.2, -0.15) is 0 Å². The zero-order valence-corrected chi connectivity index (χ0v) is 11.8. The fraction of sp³-hybridized carbons (Fsp3) is 0.533. The predicted molar refractivity (Wildman–Crippen MR) is 78.3 cm³/mol. The van der Waals surface area contributed by atoms with E-state index >= 15 is 0 Å². The minimum absolute atomic E-state index is 0.694. The standard InChI is InChI=1S/C15H21N3O2/c1-19-10-11-4-6-18(7-5-11)9-15-17-13-8-12(16)2-3-14(13)20-15/h2-3,8,11H,4-7,9-10,16H2,1H3. The molecule has 2 aromatic rings. The fourth-order valence-corrected chi connectivity index (χ4v) is 2.80. The Labute approximate surface area is 118 Å². The summed E-state index contributed by atoms with van der Waals surface area (Å²) in [5, 5.41) is 0. The normalized spacial score (nSPS) is 17.9. The Hall–Kier alpha value is -1.59. The molecule has 1 aromatic carbocycles. The number of benzene rings is 1. The Morgan fingerprint density at radius 1 is 1.40 bits per heavy atom. The van der Waals surface area contributed by atoms with Gasteiger partial charge in [0, 0.05) is 19.4 Å². The van der Waals surface area contributed by atoms with Crippen molar-refractivity contribution in [3.63, 3.8) is 0 Å². The molecule has 20 heavy (non-hydrogen) atoms. The fourth-order valence-electron chi connectivity index (χ4n) is 2.80. The van der Waals surface area contributed by atoms with Crippen molar-refractivity contribution < 1.29 is 9.15 Å². The molecule has 0 spiro atoms. The maximum absolute atomic E-state index is 5.77. The Morgan fingerprint density at radius 3 is 2.95 bits per heavy atom. The highest BCUT2D eigenvalue weighted by atomic mass is 16.5. The second-order valence-electron chi connectivity index (χ2n) is 5.51. The molecule has 0 atom stereocenters. The first-order valence-corrected chi connectivity index (χ1v) is 7.11. The minimum atomic E-state index is 0.694. The van der Waals surface area contributed by atoms with E-state index in [4.69, 9.17) is 14.9 Å². The van der Waals surface area contributed by atoms with Crippen LogP contribution in [0.25, 0.3) is 11.1 Å². The number of oxazole rings is 1. The number of hydrogen-bond donors (Lipinski definition) is 1. The summed E-state index contributed by atoms with van der Waals surface area (Å²) in [5.74, 6) is 1.47. The number of likely N-dealkylation sites (tertiary alicyclic amines) is 1. The van der Waals surface area contributed by atoms with Gasteiger partial charge in [-0.3, -0.25) is 4.90 Å². The van der Waals surface area contributed by atoms with Crippen molar-refractivity contribution in [1.82, 2.24) is 9.88 Å². The number of fused-ring (bicyclic) bond motifs is 1. The van der Waals surface area contributed by atoms with Crippen LogP contribution in [0.5, 0.6) is 0 Å². The maximum Gasteiger partial charge on any atom is 0.209 e. The van der Waals surface area contributed by atoms with Crippen molar-refractivity contribution in [3.8, 4) is 0 Å². The maximum atomic E-state index is 5.77. The second-order valence-corrected chi connectivity index (χ2v) is 5.51. The summed E-state index contributed by atoms with van der Waals surface area (Å²) in [6.07, 6.45) is 2.36. The van der Waals surface area contributed by atoms with Crippen LogP contribution in [-0.2, 0) is 11.3 Å². The van der Waals surface area contributed by atoms with Crippen LogP contribution in [0.2, 0.25) is 0 Å². The summed E-state index contributed by atoms with van der Waals surface area (Å²) in [6, 6.07) is 5.58. The van der Waals surface area contributed by atoms with E-state index in [2.05, 4.69) is 9.88 Å². The van der Waals surface area contributed by atoms with E-state index < -0.39 is 0 Å². The number of rotatable bonds is 4. The molecule has 0 aliphatic carbocycles. The lowest BCUT2D eigenvalue weighted by Gasteiger charge is -2.30. The van der Waals surface area contributed by atoms with Gasteiger partial charge < -0.3 is 14.9 Å². The molecule has 0 radical (unpaired) electrons. The van der Waals surface area contributed by atoms with Crippen molar-refractivity contribution >= 4 is 16.8 Å². The Morgan fingerprint density at radius 2 is 2.20 bits per heavy atom. The van der Waals surface area contributed by atoms with Crippen molar-refractivity contribution in [3.05, 3.63) is 24.1 Å². The van der Waals surface area contributed by atoms with Gasteiger partial charge >= 0.3 is 0 Å². The van der Waals surface area contributed by atoms with Crippen molar-refractivity contribution in [1.29, 1.82) is 0 Å². The summed E-state index contributed by atoms with van der Waals surface area (Å²) in [4.78, 5) is 6.90. The molecule has 2 heterocycles. The van der Waals surface area contributed by atoms with Crippen LogP contribution in [0.3, 0.4) is 0 Å².